The Kier molecular flexibility index (Phi) is 4.79. The fourth-order valence-corrected chi connectivity index (χ4v) is 2.94. The van der Waals surface area contributed by atoms with Crippen LogP contribution in [0.4, 0.5) is 0 Å². The van der Waals surface area contributed by atoms with Crippen molar-refractivity contribution in [2.75, 3.05) is 0 Å². The van der Waals surface area contributed by atoms with Gasteiger partial charge in [-0.1, -0.05) is 27.5 Å². The van der Waals surface area contributed by atoms with Gasteiger partial charge in [-0.3, -0.25) is 4.98 Å². The molecule has 0 aliphatic heterocycles. The van der Waals surface area contributed by atoms with E-state index in [0.29, 0.717) is 15.8 Å². The molecule has 1 aromatic carbocycles. The molecule has 0 aliphatic rings. The summed E-state index contributed by atoms with van der Waals surface area (Å²) in [6, 6.07) is 5.05. The summed E-state index contributed by atoms with van der Waals surface area (Å²) in [5.74, 6) is -0.418. The predicted octanol–water partition coefficient (Wildman–Crippen LogP) is 3.88. The Bertz CT molecular complexity index is 607. The standard InChI is InChI=1S/C12H8BrClN2O2S/c13-7-1-2-9(12(17)18)10(3-7)19-6-8-4-16-11(14)5-15-8/h1-5H,6H2,(H,17,18). The Balaban J connectivity index is 2.16. The van der Waals surface area contributed by atoms with Gasteiger partial charge in [-0.05, 0) is 18.2 Å². The van der Waals surface area contributed by atoms with Crippen LogP contribution in [0.25, 0.3) is 0 Å². The molecular weight excluding hydrogens is 352 g/mol. The number of nitrogens with zero attached hydrogens (tertiary/aromatic N) is 2. The number of hydrogen-bond acceptors (Lipinski definition) is 4. The average Bonchev–Trinajstić information content (AvgIpc) is 2.38. The number of carboxylic acid groups (broad SMARTS) is 1. The summed E-state index contributed by atoms with van der Waals surface area (Å²) in [5, 5.41) is 9.45. The third-order valence-corrected chi connectivity index (χ3v) is 4.00. The first-order valence-electron chi connectivity index (χ1n) is 5.18. The maximum absolute atomic E-state index is 11.1. The molecule has 1 heterocycles. The molecule has 0 bridgehead atoms. The second kappa shape index (κ2) is 6.36. The number of aromatic carboxylic acids is 1. The van der Waals surface area contributed by atoms with Crippen molar-refractivity contribution in [3.8, 4) is 0 Å². The largest absolute Gasteiger partial charge is 0.478 e. The normalized spacial score (nSPS) is 10.4. The van der Waals surface area contributed by atoms with Gasteiger partial charge in [0.25, 0.3) is 0 Å². The molecule has 2 aromatic rings. The summed E-state index contributed by atoms with van der Waals surface area (Å²) in [4.78, 5) is 19.8. The van der Waals surface area contributed by atoms with Crippen molar-refractivity contribution in [3.05, 3.63) is 51.5 Å². The number of aromatic nitrogens is 2. The Hall–Kier alpha value is -1.11. The summed E-state index contributed by atoms with van der Waals surface area (Å²) >= 11 is 10.4. The van der Waals surface area contributed by atoms with Crippen LogP contribution < -0.4 is 0 Å². The van der Waals surface area contributed by atoms with Crippen LogP contribution in [-0.4, -0.2) is 21.0 Å². The third-order valence-electron chi connectivity index (χ3n) is 2.22. The molecular formula is C12H8BrClN2O2S. The summed E-state index contributed by atoms with van der Waals surface area (Å²) in [5.41, 5.74) is 1.01. The van der Waals surface area contributed by atoms with Crippen LogP contribution in [0.1, 0.15) is 16.1 Å². The maximum Gasteiger partial charge on any atom is 0.336 e. The Morgan fingerprint density at radius 1 is 1.37 bits per heavy atom. The highest BCUT2D eigenvalue weighted by molar-refractivity contribution is 9.10. The number of halogens is 2. The number of thioether (sulfide) groups is 1. The fraction of sp³-hybridized carbons (Fsp3) is 0.0833. The molecule has 7 heteroatoms. The average molecular weight is 360 g/mol. The van der Waals surface area contributed by atoms with E-state index in [9.17, 15) is 4.79 Å². The van der Waals surface area contributed by atoms with Crippen LogP contribution in [-0.2, 0) is 5.75 Å². The molecule has 98 valence electrons. The fourth-order valence-electron chi connectivity index (χ4n) is 1.36. The molecule has 1 aromatic heterocycles. The lowest BCUT2D eigenvalue weighted by atomic mass is 10.2. The monoisotopic (exact) mass is 358 g/mol. The molecule has 0 saturated heterocycles. The maximum atomic E-state index is 11.1. The van der Waals surface area contributed by atoms with Crippen molar-refractivity contribution >= 4 is 45.3 Å². The summed E-state index contributed by atoms with van der Waals surface area (Å²) < 4.78 is 0.835. The lowest BCUT2D eigenvalue weighted by Gasteiger charge is -2.06. The van der Waals surface area contributed by atoms with Crippen LogP contribution in [0.5, 0.6) is 0 Å². The van der Waals surface area contributed by atoms with E-state index in [1.54, 1.807) is 24.4 Å². The van der Waals surface area contributed by atoms with E-state index in [0.717, 1.165) is 10.2 Å². The zero-order valence-electron chi connectivity index (χ0n) is 9.51. The number of carbonyl (C=O) groups is 1. The van der Waals surface area contributed by atoms with Crippen molar-refractivity contribution in [1.82, 2.24) is 9.97 Å². The minimum atomic E-state index is -0.947. The topological polar surface area (TPSA) is 63.1 Å². The van der Waals surface area contributed by atoms with Crippen LogP contribution in [0.2, 0.25) is 5.15 Å². The molecule has 0 atom stereocenters. The quantitative estimate of drug-likeness (QED) is 0.839. The molecule has 0 spiro atoms. The molecule has 0 saturated carbocycles. The highest BCUT2D eigenvalue weighted by Crippen LogP contribution is 2.28. The van der Waals surface area contributed by atoms with Crippen molar-refractivity contribution < 1.29 is 9.90 Å². The smallest absolute Gasteiger partial charge is 0.336 e. The summed E-state index contributed by atoms with van der Waals surface area (Å²) in [6.45, 7) is 0. The van der Waals surface area contributed by atoms with Gasteiger partial charge in [0.05, 0.1) is 23.7 Å². The number of rotatable bonds is 4. The summed E-state index contributed by atoms with van der Waals surface area (Å²) in [6.07, 6.45) is 3.05. The lowest BCUT2D eigenvalue weighted by molar-refractivity contribution is 0.0693. The van der Waals surface area contributed by atoms with E-state index in [1.807, 2.05) is 0 Å². The summed E-state index contributed by atoms with van der Waals surface area (Å²) in [7, 11) is 0. The van der Waals surface area contributed by atoms with Gasteiger partial charge in [-0.15, -0.1) is 11.8 Å². The van der Waals surface area contributed by atoms with E-state index >= 15 is 0 Å². The Morgan fingerprint density at radius 2 is 2.16 bits per heavy atom. The molecule has 1 N–H and O–H groups in total. The second-order valence-electron chi connectivity index (χ2n) is 3.56. The van der Waals surface area contributed by atoms with Gasteiger partial charge >= 0.3 is 5.97 Å². The predicted molar refractivity (Wildman–Crippen MR) is 77.7 cm³/mol. The van der Waals surface area contributed by atoms with Gasteiger partial charge in [-0.25, -0.2) is 9.78 Å². The van der Waals surface area contributed by atoms with E-state index < -0.39 is 5.97 Å². The zero-order chi connectivity index (χ0) is 13.8. The molecule has 0 fully saturated rings. The lowest BCUT2D eigenvalue weighted by Crippen LogP contribution is -1.99. The van der Waals surface area contributed by atoms with Crippen molar-refractivity contribution in [3.63, 3.8) is 0 Å². The number of benzene rings is 1. The van der Waals surface area contributed by atoms with E-state index in [2.05, 4.69) is 25.9 Å². The highest BCUT2D eigenvalue weighted by atomic mass is 79.9. The first kappa shape index (κ1) is 14.3. The van der Waals surface area contributed by atoms with Gasteiger partial charge in [0.15, 0.2) is 0 Å². The van der Waals surface area contributed by atoms with Crippen molar-refractivity contribution in [2.24, 2.45) is 0 Å². The van der Waals surface area contributed by atoms with Crippen LogP contribution in [0.3, 0.4) is 0 Å². The minimum absolute atomic E-state index is 0.273. The molecule has 4 nitrogen and oxygen atoms in total. The molecule has 0 amide bonds. The van der Waals surface area contributed by atoms with E-state index in [1.165, 1.54) is 18.0 Å². The van der Waals surface area contributed by atoms with Gasteiger partial charge in [-0.2, -0.15) is 0 Å². The first-order valence-corrected chi connectivity index (χ1v) is 7.34. The van der Waals surface area contributed by atoms with Crippen molar-refractivity contribution in [2.45, 2.75) is 10.6 Å². The van der Waals surface area contributed by atoms with Gasteiger partial charge in [0, 0.05) is 15.1 Å². The SMILES string of the molecule is O=C(O)c1ccc(Br)cc1SCc1cnc(Cl)cn1. The molecule has 0 aliphatic carbocycles. The molecule has 19 heavy (non-hydrogen) atoms. The zero-order valence-corrected chi connectivity index (χ0v) is 12.7. The highest BCUT2D eigenvalue weighted by Gasteiger charge is 2.11. The molecule has 0 radical (unpaired) electrons. The Morgan fingerprint density at radius 3 is 2.79 bits per heavy atom. The van der Waals surface area contributed by atoms with Crippen LogP contribution >= 0.6 is 39.3 Å². The first-order chi connectivity index (χ1) is 9.06. The van der Waals surface area contributed by atoms with E-state index in [-0.39, 0.29) is 5.56 Å². The van der Waals surface area contributed by atoms with Gasteiger partial charge in [0.2, 0.25) is 0 Å². The Labute approximate surface area is 127 Å². The van der Waals surface area contributed by atoms with Gasteiger partial charge < -0.3 is 5.11 Å². The minimum Gasteiger partial charge on any atom is -0.478 e. The molecule has 0 unspecified atom stereocenters. The number of hydrogen-bond donors (Lipinski definition) is 1. The van der Waals surface area contributed by atoms with Crippen LogP contribution in [0, 0.1) is 0 Å². The number of carboxylic acids is 1. The van der Waals surface area contributed by atoms with E-state index in [4.69, 9.17) is 16.7 Å². The second-order valence-corrected chi connectivity index (χ2v) is 5.88. The van der Waals surface area contributed by atoms with Crippen LogP contribution in [0.15, 0.2) is 40.0 Å². The van der Waals surface area contributed by atoms with Crippen molar-refractivity contribution in [1.29, 1.82) is 0 Å². The molecule has 2 rings (SSSR count). The van der Waals surface area contributed by atoms with Gasteiger partial charge in [0.1, 0.15) is 5.15 Å². The third kappa shape index (κ3) is 3.92.